The number of nitrogens with zero attached hydrogens (tertiary/aromatic N) is 6. The van der Waals surface area contributed by atoms with Crippen molar-refractivity contribution in [3.05, 3.63) is 18.3 Å². The van der Waals surface area contributed by atoms with E-state index in [1.807, 2.05) is 12.1 Å². The molecule has 0 radical (unpaired) electrons. The molecule has 0 spiro atoms. The van der Waals surface area contributed by atoms with Gasteiger partial charge in [-0.25, -0.2) is 9.67 Å². The number of tetrazole rings is 1. The Bertz CT molecular complexity index is 726. The fourth-order valence-corrected chi connectivity index (χ4v) is 3.60. The minimum atomic E-state index is -0.0594. The van der Waals surface area contributed by atoms with Crippen LogP contribution in [0.2, 0.25) is 0 Å². The van der Waals surface area contributed by atoms with Crippen molar-refractivity contribution >= 4 is 29.2 Å². The molecule has 2 atom stereocenters. The summed E-state index contributed by atoms with van der Waals surface area (Å²) in [6, 6.07) is 3.81. The summed E-state index contributed by atoms with van der Waals surface area (Å²) in [5.74, 6) is 1.45. The molecule has 0 bridgehead atoms. The van der Waals surface area contributed by atoms with E-state index in [0.717, 1.165) is 18.9 Å². The van der Waals surface area contributed by atoms with Crippen molar-refractivity contribution in [1.82, 2.24) is 25.2 Å². The van der Waals surface area contributed by atoms with Crippen molar-refractivity contribution < 1.29 is 9.53 Å². The molecule has 0 saturated carbocycles. The number of rotatable bonds is 6. The number of amides is 1. The van der Waals surface area contributed by atoms with Crippen LogP contribution in [-0.2, 0) is 16.6 Å². The molecule has 26 heavy (non-hydrogen) atoms. The summed E-state index contributed by atoms with van der Waals surface area (Å²) in [5.41, 5.74) is 0.693. The molecule has 1 aliphatic heterocycles. The lowest BCUT2D eigenvalue weighted by Crippen LogP contribution is -2.45. The maximum absolute atomic E-state index is 12.1. The van der Waals surface area contributed by atoms with Crippen LogP contribution in [0.3, 0.4) is 0 Å². The third-order valence-electron chi connectivity index (χ3n) is 3.92. The molecular formula is C16H23N7O2S. The predicted octanol–water partition coefficient (Wildman–Crippen LogP) is 1.34. The number of aromatic nitrogens is 5. The molecular weight excluding hydrogens is 354 g/mol. The van der Waals surface area contributed by atoms with Crippen LogP contribution in [-0.4, -0.2) is 62.1 Å². The van der Waals surface area contributed by atoms with Gasteiger partial charge >= 0.3 is 0 Å². The molecule has 3 rings (SSSR count). The van der Waals surface area contributed by atoms with Crippen LogP contribution in [0.4, 0.5) is 11.5 Å². The highest BCUT2D eigenvalue weighted by Gasteiger charge is 2.23. The number of carbonyl (C=O) groups excluding carboxylic acids is 1. The Balaban J connectivity index is 1.47. The molecule has 3 heterocycles. The zero-order valence-electron chi connectivity index (χ0n) is 15.1. The van der Waals surface area contributed by atoms with Crippen LogP contribution >= 0.6 is 11.8 Å². The van der Waals surface area contributed by atoms with Crippen molar-refractivity contribution in [2.24, 2.45) is 7.05 Å². The summed E-state index contributed by atoms with van der Waals surface area (Å²) in [6.45, 7) is 5.76. The molecule has 1 amide bonds. The Kier molecular flexibility index (Phi) is 6.04. The number of pyridine rings is 1. The zero-order valence-corrected chi connectivity index (χ0v) is 15.9. The Labute approximate surface area is 156 Å². The Morgan fingerprint density at radius 3 is 2.73 bits per heavy atom. The van der Waals surface area contributed by atoms with E-state index in [2.05, 4.69) is 44.6 Å². The maximum atomic E-state index is 12.1. The van der Waals surface area contributed by atoms with E-state index in [-0.39, 0.29) is 18.1 Å². The van der Waals surface area contributed by atoms with Crippen molar-refractivity contribution in [3.8, 4) is 0 Å². The van der Waals surface area contributed by atoms with Gasteiger partial charge in [-0.3, -0.25) is 4.79 Å². The number of ether oxygens (including phenoxy) is 1. The van der Waals surface area contributed by atoms with Gasteiger partial charge in [-0.15, -0.1) is 5.10 Å². The van der Waals surface area contributed by atoms with Crippen molar-refractivity contribution in [2.45, 2.75) is 37.6 Å². The van der Waals surface area contributed by atoms with E-state index in [1.54, 1.807) is 17.9 Å². The van der Waals surface area contributed by atoms with E-state index in [1.165, 1.54) is 11.8 Å². The van der Waals surface area contributed by atoms with Crippen molar-refractivity contribution in [2.75, 3.05) is 29.1 Å². The van der Waals surface area contributed by atoms with Gasteiger partial charge in [-0.2, -0.15) is 0 Å². The van der Waals surface area contributed by atoms with Crippen LogP contribution in [0, 0.1) is 0 Å². The molecule has 1 aliphatic rings. The van der Waals surface area contributed by atoms with Gasteiger partial charge in [0.15, 0.2) is 0 Å². The molecule has 0 aromatic carbocycles. The molecule has 2 aromatic heterocycles. The molecule has 1 saturated heterocycles. The average Bonchev–Trinajstić information content (AvgIpc) is 3.00. The van der Waals surface area contributed by atoms with Crippen LogP contribution in [0.15, 0.2) is 23.5 Å². The average molecular weight is 377 g/mol. The molecule has 0 aliphatic carbocycles. The number of hydrogen-bond acceptors (Lipinski definition) is 8. The Morgan fingerprint density at radius 1 is 1.35 bits per heavy atom. The second-order valence-electron chi connectivity index (χ2n) is 6.30. The number of thioether (sulfide) groups is 1. The van der Waals surface area contributed by atoms with Gasteiger partial charge < -0.3 is 15.0 Å². The highest BCUT2D eigenvalue weighted by molar-refractivity contribution is 7.99. The van der Waals surface area contributed by atoms with Crippen LogP contribution < -0.4 is 10.2 Å². The lowest BCUT2D eigenvalue weighted by Gasteiger charge is -2.36. The standard InChI is InChI=1S/C16H23N7O2S/c1-11-9-23(10-12(2)25-11)14-5-4-13(8-17-14)18-15(24)6-7-26-16-19-20-21-22(16)3/h4-5,8,11-12H,6-7,9-10H2,1-3H3,(H,18,24). The fourth-order valence-electron chi connectivity index (χ4n) is 2.81. The highest BCUT2D eigenvalue weighted by Crippen LogP contribution is 2.20. The summed E-state index contributed by atoms with van der Waals surface area (Å²) >= 11 is 1.45. The molecule has 9 nitrogen and oxygen atoms in total. The summed E-state index contributed by atoms with van der Waals surface area (Å²) < 4.78 is 7.33. The number of anilines is 2. The second-order valence-corrected chi connectivity index (χ2v) is 7.36. The predicted molar refractivity (Wildman–Crippen MR) is 99.2 cm³/mol. The van der Waals surface area contributed by atoms with Crippen molar-refractivity contribution in [1.29, 1.82) is 0 Å². The molecule has 2 aromatic rings. The normalized spacial score (nSPS) is 20.2. The quantitative estimate of drug-likeness (QED) is 0.753. The number of hydrogen-bond donors (Lipinski definition) is 1. The summed E-state index contributed by atoms with van der Waals surface area (Å²) in [4.78, 5) is 18.7. The monoisotopic (exact) mass is 377 g/mol. The first kappa shape index (κ1) is 18.6. The van der Waals surface area contributed by atoms with E-state index < -0.39 is 0 Å². The van der Waals surface area contributed by atoms with Gasteiger partial charge in [-0.1, -0.05) is 11.8 Å². The number of nitrogens with one attached hydrogen (secondary N) is 1. The van der Waals surface area contributed by atoms with E-state index in [9.17, 15) is 4.79 Å². The van der Waals surface area contributed by atoms with E-state index in [4.69, 9.17) is 4.74 Å². The molecule has 1 N–H and O–H groups in total. The molecule has 2 unspecified atom stereocenters. The summed E-state index contributed by atoms with van der Waals surface area (Å²) in [5, 5.41) is 14.7. The third kappa shape index (κ3) is 4.92. The van der Waals surface area contributed by atoms with Gasteiger partial charge in [-0.05, 0) is 36.4 Å². The first-order valence-electron chi connectivity index (χ1n) is 8.52. The van der Waals surface area contributed by atoms with Gasteiger partial charge in [0, 0.05) is 32.3 Å². The summed E-state index contributed by atoms with van der Waals surface area (Å²) in [7, 11) is 1.77. The van der Waals surface area contributed by atoms with Gasteiger partial charge in [0.1, 0.15) is 5.82 Å². The number of aryl methyl sites for hydroxylation is 1. The smallest absolute Gasteiger partial charge is 0.225 e. The van der Waals surface area contributed by atoms with Gasteiger partial charge in [0.05, 0.1) is 24.1 Å². The highest BCUT2D eigenvalue weighted by atomic mass is 32.2. The molecule has 1 fully saturated rings. The van der Waals surface area contributed by atoms with Crippen LogP contribution in [0.25, 0.3) is 0 Å². The molecule has 10 heteroatoms. The first-order chi connectivity index (χ1) is 12.5. The summed E-state index contributed by atoms with van der Waals surface area (Å²) in [6.07, 6.45) is 2.43. The molecule has 140 valence electrons. The topological polar surface area (TPSA) is 98.1 Å². The van der Waals surface area contributed by atoms with Gasteiger partial charge in [0.25, 0.3) is 0 Å². The first-order valence-corrected chi connectivity index (χ1v) is 9.51. The lowest BCUT2D eigenvalue weighted by molar-refractivity contribution is -0.115. The largest absolute Gasteiger partial charge is 0.372 e. The second kappa shape index (κ2) is 8.45. The van der Waals surface area contributed by atoms with E-state index in [0.29, 0.717) is 23.0 Å². The fraction of sp³-hybridized carbons (Fsp3) is 0.562. The Morgan fingerprint density at radius 2 is 2.12 bits per heavy atom. The Hall–Kier alpha value is -2.20. The SMILES string of the molecule is CC1CN(c2ccc(NC(=O)CCSc3nnnn3C)cn2)CC(C)O1. The minimum Gasteiger partial charge on any atom is -0.372 e. The van der Waals surface area contributed by atoms with E-state index >= 15 is 0 Å². The minimum absolute atomic E-state index is 0.0594. The number of morpholine rings is 1. The van der Waals surface area contributed by atoms with Crippen molar-refractivity contribution in [3.63, 3.8) is 0 Å². The van der Waals surface area contributed by atoms with Crippen LogP contribution in [0.1, 0.15) is 20.3 Å². The number of carbonyl (C=O) groups is 1. The van der Waals surface area contributed by atoms with Crippen LogP contribution in [0.5, 0.6) is 0 Å². The zero-order chi connectivity index (χ0) is 18.5. The maximum Gasteiger partial charge on any atom is 0.225 e. The third-order valence-corrected chi connectivity index (χ3v) is 4.93. The lowest BCUT2D eigenvalue weighted by atomic mass is 10.2. The van der Waals surface area contributed by atoms with Gasteiger partial charge in [0.2, 0.25) is 11.1 Å².